The van der Waals surface area contributed by atoms with Gasteiger partial charge in [0.05, 0.1) is 46.8 Å². The first kappa shape index (κ1) is 20.9. The molecule has 3 aromatic rings. The highest BCUT2D eigenvalue weighted by atomic mass is 32.1. The first-order valence-corrected chi connectivity index (χ1v) is 10.8. The molecule has 0 fully saturated rings. The largest absolute Gasteiger partial charge is 0.359 e. The van der Waals surface area contributed by atoms with Crippen molar-refractivity contribution in [2.45, 2.75) is 33.4 Å². The van der Waals surface area contributed by atoms with Crippen molar-refractivity contribution in [3.8, 4) is 0 Å². The maximum atomic E-state index is 13.2. The highest BCUT2D eigenvalue weighted by Crippen LogP contribution is 2.31. The van der Waals surface area contributed by atoms with Crippen LogP contribution in [0.1, 0.15) is 44.6 Å². The van der Waals surface area contributed by atoms with E-state index in [0.29, 0.717) is 23.6 Å². The lowest BCUT2D eigenvalue weighted by molar-refractivity contribution is -0.117. The molecule has 160 valence electrons. The molecule has 0 saturated heterocycles. The van der Waals surface area contributed by atoms with Crippen LogP contribution in [-0.4, -0.2) is 45.3 Å². The smallest absolute Gasteiger partial charge is 0.255 e. The number of anilines is 2. The van der Waals surface area contributed by atoms with Crippen LogP contribution < -0.4 is 10.2 Å². The average Bonchev–Trinajstić information content (AvgIpc) is 3.12. The Morgan fingerprint density at radius 2 is 2.13 bits per heavy atom. The van der Waals surface area contributed by atoms with Crippen LogP contribution in [0.4, 0.5) is 11.5 Å². The van der Waals surface area contributed by atoms with Crippen molar-refractivity contribution >= 4 is 34.7 Å². The monoisotopic (exact) mass is 436 g/mol. The molecule has 1 aliphatic heterocycles. The molecule has 3 aromatic heterocycles. The van der Waals surface area contributed by atoms with E-state index < -0.39 is 0 Å². The number of fused-ring (bicyclic) bond motifs is 1. The number of amides is 2. The lowest BCUT2D eigenvalue weighted by atomic mass is 10.1. The van der Waals surface area contributed by atoms with Gasteiger partial charge in [0, 0.05) is 24.3 Å². The summed E-state index contributed by atoms with van der Waals surface area (Å²) in [7, 11) is 1.76. The van der Waals surface area contributed by atoms with Gasteiger partial charge in [-0.05, 0) is 39.0 Å². The summed E-state index contributed by atoms with van der Waals surface area (Å²) in [6.07, 6.45) is 3.24. The minimum absolute atomic E-state index is 0.0974. The van der Waals surface area contributed by atoms with Crippen LogP contribution >= 0.6 is 11.3 Å². The van der Waals surface area contributed by atoms with E-state index in [1.165, 1.54) is 0 Å². The fraction of sp³-hybridized carbons (Fsp3) is 0.318. The van der Waals surface area contributed by atoms with E-state index in [-0.39, 0.29) is 24.4 Å². The molecule has 1 aliphatic rings. The Balaban J connectivity index is 1.62. The number of rotatable bonds is 5. The van der Waals surface area contributed by atoms with E-state index in [1.54, 1.807) is 46.6 Å². The lowest BCUT2D eigenvalue weighted by Gasteiger charge is -2.30. The van der Waals surface area contributed by atoms with Crippen molar-refractivity contribution < 1.29 is 9.59 Å². The van der Waals surface area contributed by atoms with Crippen LogP contribution in [0.5, 0.6) is 0 Å². The van der Waals surface area contributed by atoms with Crippen LogP contribution in [0.25, 0.3) is 0 Å². The number of nitrogens with zero attached hydrogens (tertiary/aromatic N) is 5. The highest BCUT2D eigenvalue weighted by molar-refractivity contribution is 7.11. The Hall–Kier alpha value is -3.33. The summed E-state index contributed by atoms with van der Waals surface area (Å²) < 4.78 is 0. The highest BCUT2D eigenvalue weighted by Gasteiger charge is 2.28. The fourth-order valence-electron chi connectivity index (χ4n) is 3.62. The first-order chi connectivity index (χ1) is 14.8. The molecule has 0 spiro atoms. The van der Waals surface area contributed by atoms with Crippen LogP contribution in [0.3, 0.4) is 0 Å². The lowest BCUT2D eigenvalue weighted by Crippen LogP contribution is -2.40. The third-order valence-electron chi connectivity index (χ3n) is 5.40. The molecule has 31 heavy (non-hydrogen) atoms. The number of carbonyl (C=O) groups is 2. The van der Waals surface area contributed by atoms with Gasteiger partial charge in [-0.2, -0.15) is 0 Å². The quantitative estimate of drug-likeness (QED) is 0.660. The number of carbonyl (C=O) groups excluding carboxylic acids is 2. The van der Waals surface area contributed by atoms with E-state index >= 15 is 0 Å². The fourth-order valence-corrected chi connectivity index (χ4v) is 4.53. The third kappa shape index (κ3) is 4.13. The molecule has 0 saturated carbocycles. The minimum atomic E-state index is -0.183. The topological polar surface area (TPSA) is 91.3 Å². The van der Waals surface area contributed by atoms with Gasteiger partial charge in [0.2, 0.25) is 5.91 Å². The zero-order valence-corrected chi connectivity index (χ0v) is 18.7. The van der Waals surface area contributed by atoms with Crippen molar-refractivity contribution in [3.63, 3.8) is 0 Å². The van der Waals surface area contributed by atoms with E-state index in [2.05, 4.69) is 20.3 Å². The van der Waals surface area contributed by atoms with Crippen molar-refractivity contribution in [1.29, 1.82) is 0 Å². The molecule has 0 radical (unpaired) electrons. The number of aromatic nitrogens is 3. The van der Waals surface area contributed by atoms with Crippen molar-refractivity contribution in [2.24, 2.45) is 0 Å². The average molecular weight is 437 g/mol. The van der Waals surface area contributed by atoms with Crippen LogP contribution in [0.15, 0.2) is 36.7 Å². The number of pyridine rings is 2. The standard InChI is InChI=1S/C22H24N6O2S/c1-13(20-14(2)31-15(3)26-20)27(4)22(30)16-9-18-21(24-10-16)25-11-19(29)28(18)12-17-7-5-6-8-23-17/h5-10,13H,11-12H2,1-4H3,(H,24,25). The zero-order valence-electron chi connectivity index (χ0n) is 17.9. The van der Waals surface area contributed by atoms with Gasteiger partial charge in [-0.1, -0.05) is 6.07 Å². The molecule has 4 heterocycles. The molecule has 1 N–H and O–H groups in total. The summed E-state index contributed by atoms with van der Waals surface area (Å²) in [6.45, 7) is 6.41. The second kappa shape index (κ2) is 8.43. The molecule has 1 unspecified atom stereocenters. The van der Waals surface area contributed by atoms with Crippen LogP contribution in [-0.2, 0) is 11.3 Å². The molecule has 0 bridgehead atoms. The summed E-state index contributed by atoms with van der Waals surface area (Å²) in [6, 6.07) is 7.12. The van der Waals surface area contributed by atoms with Crippen LogP contribution in [0, 0.1) is 13.8 Å². The number of hydrogen-bond acceptors (Lipinski definition) is 7. The van der Waals surface area contributed by atoms with E-state index in [9.17, 15) is 9.59 Å². The summed E-state index contributed by atoms with van der Waals surface area (Å²) in [5.41, 5.74) is 2.66. The SMILES string of the molecule is Cc1nc(C(C)N(C)C(=O)c2cnc3c(c2)N(Cc2ccccn2)C(=O)CN3)c(C)s1. The van der Waals surface area contributed by atoms with Crippen molar-refractivity contribution in [3.05, 3.63) is 63.5 Å². The van der Waals surface area contributed by atoms with Gasteiger partial charge in [-0.3, -0.25) is 14.6 Å². The Labute approximate surface area is 185 Å². The third-order valence-corrected chi connectivity index (χ3v) is 6.30. The molecule has 9 heteroatoms. The first-order valence-electron chi connectivity index (χ1n) is 10.0. The number of hydrogen-bond donors (Lipinski definition) is 1. The van der Waals surface area contributed by atoms with Gasteiger partial charge in [0.1, 0.15) is 0 Å². The Morgan fingerprint density at radius 1 is 1.32 bits per heavy atom. The Kier molecular flexibility index (Phi) is 5.69. The second-order valence-electron chi connectivity index (χ2n) is 7.51. The second-order valence-corrected chi connectivity index (χ2v) is 8.92. The summed E-state index contributed by atoms with van der Waals surface area (Å²) in [5.74, 6) is 0.303. The molecule has 1 atom stereocenters. The zero-order chi connectivity index (χ0) is 22.1. The minimum Gasteiger partial charge on any atom is -0.359 e. The van der Waals surface area contributed by atoms with Crippen LogP contribution in [0.2, 0.25) is 0 Å². The van der Waals surface area contributed by atoms with Gasteiger partial charge in [0.25, 0.3) is 5.91 Å². The number of aryl methyl sites for hydroxylation is 2. The van der Waals surface area contributed by atoms with Gasteiger partial charge < -0.3 is 15.1 Å². The Bertz CT molecular complexity index is 1130. The molecule has 8 nitrogen and oxygen atoms in total. The predicted molar refractivity (Wildman–Crippen MR) is 120 cm³/mol. The molecule has 4 rings (SSSR count). The normalized spacial score (nSPS) is 14.1. The molecule has 0 aromatic carbocycles. The number of nitrogens with one attached hydrogen (secondary N) is 1. The molecule has 2 amide bonds. The maximum Gasteiger partial charge on any atom is 0.255 e. The molecular weight excluding hydrogens is 412 g/mol. The van der Waals surface area contributed by atoms with Gasteiger partial charge in [-0.25, -0.2) is 9.97 Å². The summed E-state index contributed by atoms with van der Waals surface area (Å²) in [4.78, 5) is 43.5. The molecular formula is C22H24N6O2S. The van der Waals surface area contributed by atoms with E-state index in [0.717, 1.165) is 21.3 Å². The number of thiazole rings is 1. The van der Waals surface area contributed by atoms with Crippen molar-refractivity contribution in [2.75, 3.05) is 23.8 Å². The van der Waals surface area contributed by atoms with E-state index in [4.69, 9.17) is 0 Å². The van der Waals surface area contributed by atoms with E-state index in [1.807, 2.05) is 39.0 Å². The van der Waals surface area contributed by atoms with Gasteiger partial charge in [0.15, 0.2) is 5.82 Å². The summed E-state index contributed by atoms with van der Waals surface area (Å²) in [5, 5.41) is 4.00. The molecule has 0 aliphatic carbocycles. The summed E-state index contributed by atoms with van der Waals surface area (Å²) >= 11 is 1.62. The van der Waals surface area contributed by atoms with Gasteiger partial charge >= 0.3 is 0 Å². The van der Waals surface area contributed by atoms with Gasteiger partial charge in [-0.15, -0.1) is 11.3 Å². The predicted octanol–water partition coefficient (Wildman–Crippen LogP) is 3.34. The maximum absolute atomic E-state index is 13.2. The van der Waals surface area contributed by atoms with Crippen molar-refractivity contribution in [1.82, 2.24) is 19.9 Å². The Morgan fingerprint density at radius 3 is 2.81 bits per heavy atom.